The van der Waals surface area contributed by atoms with Crippen molar-refractivity contribution in [3.05, 3.63) is 55.1 Å². The largest absolute Gasteiger partial charge is 0.379 e. The van der Waals surface area contributed by atoms with E-state index in [0.717, 1.165) is 46.8 Å². The van der Waals surface area contributed by atoms with Gasteiger partial charge in [0.2, 0.25) is 0 Å². The van der Waals surface area contributed by atoms with Crippen LogP contribution in [0.1, 0.15) is 6.42 Å². The van der Waals surface area contributed by atoms with Gasteiger partial charge < -0.3 is 10.1 Å². The molecule has 0 amide bonds. The highest BCUT2D eigenvalue weighted by Gasteiger charge is 2.20. The lowest BCUT2D eigenvalue weighted by Crippen LogP contribution is -2.20. The minimum absolute atomic E-state index is 0.233. The second kappa shape index (κ2) is 7.72. The van der Waals surface area contributed by atoms with Crippen molar-refractivity contribution < 1.29 is 4.74 Å². The zero-order valence-electron chi connectivity index (χ0n) is 17.0. The average Bonchev–Trinajstić information content (AvgIpc) is 3.51. The third kappa shape index (κ3) is 3.69. The van der Waals surface area contributed by atoms with Gasteiger partial charge in [-0.05, 0) is 24.1 Å². The lowest BCUT2D eigenvalue weighted by atomic mass is 10.1. The summed E-state index contributed by atoms with van der Waals surface area (Å²) >= 11 is 0. The fraction of sp³-hybridized carbons (Fsp3) is 0.273. The molecule has 0 aliphatic carbocycles. The molecule has 3 aromatic heterocycles. The molecule has 1 N–H and O–H groups in total. The van der Waals surface area contributed by atoms with E-state index in [-0.39, 0.29) is 6.04 Å². The summed E-state index contributed by atoms with van der Waals surface area (Å²) in [5.74, 6) is 1.45. The van der Waals surface area contributed by atoms with Crippen molar-refractivity contribution in [2.24, 2.45) is 14.1 Å². The van der Waals surface area contributed by atoms with Crippen LogP contribution in [-0.2, 0) is 18.8 Å². The average molecular weight is 401 g/mol. The molecule has 5 rings (SSSR count). The highest BCUT2D eigenvalue weighted by atomic mass is 16.5. The van der Waals surface area contributed by atoms with Gasteiger partial charge in [-0.1, -0.05) is 18.2 Å². The molecule has 1 aliphatic rings. The van der Waals surface area contributed by atoms with Crippen molar-refractivity contribution in [1.29, 1.82) is 0 Å². The van der Waals surface area contributed by atoms with Gasteiger partial charge in [-0.2, -0.15) is 10.2 Å². The third-order valence-corrected chi connectivity index (χ3v) is 5.21. The minimum atomic E-state index is 0.233. The Labute approximate surface area is 174 Å². The van der Waals surface area contributed by atoms with Crippen LogP contribution < -0.4 is 5.32 Å². The number of nitrogens with zero attached hydrogens (tertiary/aromatic N) is 6. The van der Waals surface area contributed by atoms with E-state index in [2.05, 4.69) is 32.6 Å². The molecule has 8 heteroatoms. The van der Waals surface area contributed by atoms with Crippen LogP contribution in [0.5, 0.6) is 0 Å². The van der Waals surface area contributed by atoms with E-state index in [1.807, 2.05) is 57.1 Å². The SMILES string of the molecule is Cn1cc(-c2cccc(-c3ncc(-c4ccn(C)n4)c(NC4CCOC4)n3)c2)cn1. The summed E-state index contributed by atoms with van der Waals surface area (Å²) < 4.78 is 9.11. The molecule has 1 atom stereocenters. The maximum Gasteiger partial charge on any atom is 0.161 e. The van der Waals surface area contributed by atoms with Crippen LogP contribution in [0.25, 0.3) is 33.8 Å². The molecule has 1 saturated heterocycles. The molecule has 1 fully saturated rings. The van der Waals surface area contributed by atoms with Crippen LogP contribution in [0.4, 0.5) is 5.82 Å². The third-order valence-electron chi connectivity index (χ3n) is 5.21. The topological polar surface area (TPSA) is 82.7 Å². The Kier molecular flexibility index (Phi) is 4.76. The van der Waals surface area contributed by atoms with Gasteiger partial charge in [-0.15, -0.1) is 0 Å². The van der Waals surface area contributed by atoms with Gasteiger partial charge in [0.05, 0.1) is 30.1 Å². The summed E-state index contributed by atoms with van der Waals surface area (Å²) in [6.45, 7) is 1.44. The first-order valence-corrected chi connectivity index (χ1v) is 9.96. The van der Waals surface area contributed by atoms with Gasteiger partial charge in [0.25, 0.3) is 0 Å². The van der Waals surface area contributed by atoms with E-state index in [4.69, 9.17) is 9.72 Å². The Bertz CT molecular complexity index is 1170. The lowest BCUT2D eigenvalue weighted by molar-refractivity contribution is 0.195. The zero-order chi connectivity index (χ0) is 20.5. The molecule has 1 aliphatic heterocycles. The molecule has 0 radical (unpaired) electrons. The predicted octanol–water partition coefficient (Wildman–Crippen LogP) is 3.15. The summed E-state index contributed by atoms with van der Waals surface area (Å²) in [6, 6.07) is 10.4. The molecule has 8 nitrogen and oxygen atoms in total. The smallest absolute Gasteiger partial charge is 0.161 e. The monoisotopic (exact) mass is 401 g/mol. The van der Waals surface area contributed by atoms with Crippen molar-refractivity contribution >= 4 is 5.82 Å². The number of hydrogen-bond acceptors (Lipinski definition) is 6. The molecule has 0 bridgehead atoms. The summed E-state index contributed by atoms with van der Waals surface area (Å²) in [7, 11) is 3.82. The highest BCUT2D eigenvalue weighted by molar-refractivity contribution is 5.75. The first-order valence-electron chi connectivity index (χ1n) is 9.96. The van der Waals surface area contributed by atoms with E-state index in [1.165, 1.54) is 0 Å². The number of hydrogen-bond donors (Lipinski definition) is 1. The summed E-state index contributed by atoms with van der Waals surface area (Å²) in [5, 5.41) is 12.3. The second-order valence-electron chi connectivity index (χ2n) is 7.52. The quantitative estimate of drug-likeness (QED) is 0.553. The Morgan fingerprint density at radius 2 is 1.97 bits per heavy atom. The van der Waals surface area contributed by atoms with Crippen LogP contribution in [0, 0.1) is 0 Å². The Balaban J connectivity index is 1.54. The maximum absolute atomic E-state index is 5.53. The summed E-state index contributed by atoms with van der Waals surface area (Å²) in [4.78, 5) is 9.54. The van der Waals surface area contributed by atoms with Crippen LogP contribution in [0.2, 0.25) is 0 Å². The molecule has 30 heavy (non-hydrogen) atoms. The van der Waals surface area contributed by atoms with Gasteiger partial charge in [-0.3, -0.25) is 9.36 Å². The Morgan fingerprint density at radius 3 is 2.70 bits per heavy atom. The normalized spacial score (nSPS) is 16.1. The molecule has 0 saturated carbocycles. The van der Waals surface area contributed by atoms with Gasteiger partial charge in [-0.25, -0.2) is 9.97 Å². The van der Waals surface area contributed by atoms with E-state index < -0.39 is 0 Å². The van der Waals surface area contributed by atoms with Crippen molar-refractivity contribution in [2.75, 3.05) is 18.5 Å². The molecule has 1 aromatic carbocycles. The van der Waals surface area contributed by atoms with Gasteiger partial charge in [0, 0.05) is 50.4 Å². The second-order valence-corrected chi connectivity index (χ2v) is 7.52. The fourth-order valence-electron chi connectivity index (χ4n) is 3.63. The summed E-state index contributed by atoms with van der Waals surface area (Å²) in [5.41, 5.74) is 4.82. The van der Waals surface area contributed by atoms with Crippen molar-refractivity contribution in [3.8, 4) is 33.8 Å². The van der Waals surface area contributed by atoms with Gasteiger partial charge >= 0.3 is 0 Å². The van der Waals surface area contributed by atoms with Crippen molar-refractivity contribution in [2.45, 2.75) is 12.5 Å². The number of benzene rings is 1. The summed E-state index contributed by atoms with van der Waals surface area (Å²) in [6.07, 6.45) is 8.58. The molecule has 4 aromatic rings. The van der Waals surface area contributed by atoms with Crippen molar-refractivity contribution in [3.63, 3.8) is 0 Å². The first kappa shape index (κ1) is 18.5. The number of aryl methyl sites for hydroxylation is 2. The number of rotatable bonds is 5. The van der Waals surface area contributed by atoms with Crippen molar-refractivity contribution in [1.82, 2.24) is 29.5 Å². The Morgan fingerprint density at radius 1 is 1.07 bits per heavy atom. The van der Waals surface area contributed by atoms with E-state index in [1.54, 1.807) is 9.36 Å². The van der Waals surface area contributed by atoms with E-state index in [9.17, 15) is 0 Å². The maximum atomic E-state index is 5.53. The molecule has 152 valence electrons. The van der Waals surface area contributed by atoms with Gasteiger partial charge in [0.1, 0.15) is 5.82 Å². The predicted molar refractivity (Wildman–Crippen MR) is 115 cm³/mol. The number of anilines is 1. The standard InChI is InChI=1S/C22H23N7O/c1-28-8-6-20(27-28)19-12-23-21(26-22(19)25-18-7-9-30-14-18)16-5-3-4-15(10-16)17-11-24-29(2)13-17/h3-6,8,10-13,18H,7,9,14H2,1-2H3,(H,23,25,26). The van der Waals surface area contributed by atoms with Crippen LogP contribution in [-0.4, -0.2) is 48.8 Å². The number of ether oxygens (including phenoxy) is 1. The lowest BCUT2D eigenvalue weighted by Gasteiger charge is -2.15. The molecule has 4 heterocycles. The number of nitrogens with one attached hydrogen (secondary N) is 1. The zero-order valence-corrected chi connectivity index (χ0v) is 17.0. The van der Waals surface area contributed by atoms with Crippen LogP contribution >= 0.6 is 0 Å². The highest BCUT2D eigenvalue weighted by Crippen LogP contribution is 2.30. The van der Waals surface area contributed by atoms with E-state index >= 15 is 0 Å². The fourth-order valence-corrected chi connectivity index (χ4v) is 3.63. The Hall–Kier alpha value is -3.52. The molecule has 1 unspecified atom stereocenters. The number of aromatic nitrogens is 6. The van der Waals surface area contributed by atoms with Crippen LogP contribution in [0.15, 0.2) is 55.1 Å². The molecular formula is C22H23N7O. The first-order chi connectivity index (χ1) is 14.7. The van der Waals surface area contributed by atoms with E-state index in [0.29, 0.717) is 12.4 Å². The molecule has 0 spiro atoms. The van der Waals surface area contributed by atoms with Crippen LogP contribution in [0.3, 0.4) is 0 Å². The van der Waals surface area contributed by atoms with Gasteiger partial charge in [0.15, 0.2) is 5.82 Å². The minimum Gasteiger partial charge on any atom is -0.379 e. The molecular weight excluding hydrogens is 378 g/mol.